The third-order valence-electron chi connectivity index (χ3n) is 8.51. The number of amides is 1. The molecule has 3 N–H and O–H groups in total. The minimum absolute atomic E-state index is 0.00253. The van der Waals surface area contributed by atoms with Crippen LogP contribution in [0.2, 0.25) is 0 Å². The number of hydrogen-bond acceptors (Lipinski definition) is 3. The van der Waals surface area contributed by atoms with Gasteiger partial charge in [0.25, 0.3) is 0 Å². The van der Waals surface area contributed by atoms with Crippen LogP contribution >= 0.6 is 0 Å². The summed E-state index contributed by atoms with van der Waals surface area (Å²) in [4.78, 5) is 24.0. The van der Waals surface area contributed by atoms with E-state index in [9.17, 15) is 14.7 Å². The lowest BCUT2D eigenvalue weighted by Gasteiger charge is -2.47. The van der Waals surface area contributed by atoms with E-state index in [0.717, 1.165) is 34.7 Å². The summed E-state index contributed by atoms with van der Waals surface area (Å²) < 4.78 is 0. The minimum Gasteiger partial charge on any atom is -0.478 e. The predicted octanol–water partition coefficient (Wildman–Crippen LogP) is 7.80. The van der Waals surface area contributed by atoms with Gasteiger partial charge in [0.1, 0.15) is 0 Å². The van der Waals surface area contributed by atoms with Gasteiger partial charge in [-0.25, -0.2) is 4.79 Å². The van der Waals surface area contributed by atoms with Crippen LogP contribution in [-0.4, -0.2) is 17.0 Å². The van der Waals surface area contributed by atoms with Crippen molar-refractivity contribution in [2.24, 2.45) is 17.8 Å². The van der Waals surface area contributed by atoms with E-state index >= 15 is 0 Å². The van der Waals surface area contributed by atoms with Crippen LogP contribution in [0.15, 0.2) is 72.8 Å². The van der Waals surface area contributed by atoms with Gasteiger partial charge in [-0.1, -0.05) is 50.2 Å². The van der Waals surface area contributed by atoms with Crippen molar-refractivity contribution in [2.75, 3.05) is 10.6 Å². The van der Waals surface area contributed by atoms with Crippen LogP contribution in [-0.2, 0) is 16.6 Å². The Balaban J connectivity index is 1.12. The fraction of sp³-hybridized carbons (Fsp3) is 0.394. The Bertz CT molecular complexity index is 1260. The van der Waals surface area contributed by atoms with Crippen LogP contribution in [0.1, 0.15) is 73.9 Å². The van der Waals surface area contributed by atoms with E-state index in [1.54, 1.807) is 24.3 Å². The third-order valence-corrected chi connectivity index (χ3v) is 8.51. The van der Waals surface area contributed by atoms with Gasteiger partial charge in [-0.15, -0.1) is 0 Å². The van der Waals surface area contributed by atoms with Gasteiger partial charge < -0.3 is 15.7 Å². The second kappa shape index (κ2) is 11.0. The lowest BCUT2D eigenvalue weighted by Crippen LogP contribution is -2.38. The van der Waals surface area contributed by atoms with E-state index in [2.05, 4.69) is 48.7 Å². The molecule has 2 atom stereocenters. The monoisotopic (exact) mass is 510 g/mol. The van der Waals surface area contributed by atoms with Gasteiger partial charge in [0, 0.05) is 17.8 Å². The average molecular weight is 511 g/mol. The molecule has 3 aromatic carbocycles. The summed E-state index contributed by atoms with van der Waals surface area (Å²) in [5.74, 6) is 1.62. The van der Waals surface area contributed by atoms with Crippen molar-refractivity contribution in [3.63, 3.8) is 0 Å². The van der Waals surface area contributed by atoms with Crippen molar-refractivity contribution in [3.05, 3.63) is 89.5 Å². The molecule has 5 nitrogen and oxygen atoms in total. The number of carbonyl (C=O) groups is 2. The topological polar surface area (TPSA) is 78.4 Å². The summed E-state index contributed by atoms with van der Waals surface area (Å²) in [7, 11) is 0. The fourth-order valence-electron chi connectivity index (χ4n) is 6.95. The highest BCUT2D eigenvalue weighted by molar-refractivity contribution is 5.95. The first-order chi connectivity index (χ1) is 18.3. The Kier molecular flexibility index (Phi) is 7.55. The number of aryl methyl sites for hydroxylation is 1. The molecule has 5 rings (SSSR count). The van der Waals surface area contributed by atoms with Crippen LogP contribution in [0.5, 0.6) is 0 Å². The number of hydrogen-bond donors (Lipinski definition) is 3. The largest absolute Gasteiger partial charge is 0.478 e. The Labute approximate surface area is 225 Å². The number of anilines is 3. The second-order valence-electron chi connectivity index (χ2n) is 11.8. The van der Waals surface area contributed by atoms with Gasteiger partial charge in [-0.2, -0.15) is 0 Å². The van der Waals surface area contributed by atoms with E-state index in [1.165, 1.54) is 37.7 Å². The summed E-state index contributed by atoms with van der Waals surface area (Å²) in [6.07, 6.45) is 7.74. The number of aromatic carboxylic acids is 1. The fourth-order valence-corrected chi connectivity index (χ4v) is 6.95. The minimum atomic E-state index is -0.967. The highest BCUT2D eigenvalue weighted by Crippen LogP contribution is 2.51. The van der Waals surface area contributed by atoms with Crippen molar-refractivity contribution in [1.29, 1.82) is 0 Å². The van der Waals surface area contributed by atoms with Crippen molar-refractivity contribution in [2.45, 2.75) is 64.2 Å². The molecule has 2 aliphatic rings. The summed E-state index contributed by atoms with van der Waals surface area (Å²) in [5, 5.41) is 15.6. The van der Waals surface area contributed by atoms with E-state index in [0.29, 0.717) is 18.5 Å². The average Bonchev–Trinajstić information content (AvgIpc) is 2.88. The summed E-state index contributed by atoms with van der Waals surface area (Å²) in [5.41, 5.74) is 5.13. The maximum atomic E-state index is 12.6. The maximum absolute atomic E-state index is 12.6. The Morgan fingerprint density at radius 3 is 2.16 bits per heavy atom. The number of rotatable bonds is 8. The summed E-state index contributed by atoms with van der Waals surface area (Å²) >= 11 is 0. The van der Waals surface area contributed by atoms with Crippen LogP contribution < -0.4 is 10.6 Å². The molecule has 0 aromatic heterocycles. The molecule has 198 valence electrons. The number of fused-ring (bicyclic) bond motifs is 2. The number of para-hydroxylation sites is 1. The summed E-state index contributed by atoms with van der Waals surface area (Å²) in [6.45, 7) is 4.84. The van der Waals surface area contributed by atoms with Crippen molar-refractivity contribution >= 4 is 28.9 Å². The predicted molar refractivity (Wildman–Crippen MR) is 153 cm³/mol. The zero-order valence-electron chi connectivity index (χ0n) is 22.4. The van der Waals surface area contributed by atoms with Gasteiger partial charge in [0.05, 0.1) is 11.3 Å². The molecule has 2 aliphatic carbocycles. The van der Waals surface area contributed by atoms with Crippen LogP contribution in [0.3, 0.4) is 0 Å². The molecule has 0 aliphatic heterocycles. The number of benzene rings is 3. The van der Waals surface area contributed by atoms with E-state index in [1.807, 2.05) is 24.3 Å². The third kappa shape index (κ3) is 6.09. The quantitative estimate of drug-likeness (QED) is 0.289. The molecule has 2 unspecified atom stereocenters. The van der Waals surface area contributed by atoms with Gasteiger partial charge >= 0.3 is 5.97 Å². The first-order valence-corrected chi connectivity index (χ1v) is 13.9. The van der Waals surface area contributed by atoms with Gasteiger partial charge in [-0.05, 0) is 109 Å². The van der Waals surface area contributed by atoms with Crippen molar-refractivity contribution in [1.82, 2.24) is 0 Å². The van der Waals surface area contributed by atoms with E-state index in [-0.39, 0.29) is 16.9 Å². The SMILES string of the molecule is CC1CC2CC(C1)CC(C)(c1ccc(NC(=O)CCc3ccc(Nc4ccccc4C(=O)O)cc3)cc1)C2. The molecule has 1 amide bonds. The Morgan fingerprint density at radius 1 is 0.868 bits per heavy atom. The molecule has 5 heteroatoms. The highest BCUT2D eigenvalue weighted by Gasteiger charge is 2.41. The zero-order chi connectivity index (χ0) is 26.7. The molecule has 2 saturated carbocycles. The molecular weight excluding hydrogens is 472 g/mol. The molecule has 2 bridgehead atoms. The van der Waals surface area contributed by atoms with Crippen LogP contribution in [0.4, 0.5) is 17.1 Å². The van der Waals surface area contributed by atoms with Gasteiger partial charge in [0.15, 0.2) is 0 Å². The molecule has 3 aromatic rings. The molecule has 0 radical (unpaired) electrons. The summed E-state index contributed by atoms with van der Waals surface area (Å²) in [6, 6.07) is 23.1. The standard InChI is InChI=1S/C33H38N2O3/c1-22-17-24-19-25(18-22)21-33(2,20-24)26-10-14-28(15-11-26)35-31(36)16-9-23-7-12-27(13-8-23)34-30-6-4-3-5-29(30)32(37)38/h3-8,10-15,22,24-25,34H,9,16-21H2,1-2H3,(H,35,36)(H,37,38). The molecule has 0 spiro atoms. The molecular formula is C33H38N2O3. The molecule has 0 saturated heterocycles. The lowest BCUT2D eigenvalue weighted by molar-refractivity contribution is -0.116. The highest BCUT2D eigenvalue weighted by atomic mass is 16.4. The molecule has 0 heterocycles. The smallest absolute Gasteiger partial charge is 0.337 e. The van der Waals surface area contributed by atoms with Crippen molar-refractivity contribution in [3.8, 4) is 0 Å². The second-order valence-corrected chi connectivity index (χ2v) is 11.8. The number of carboxylic acids is 1. The van der Waals surface area contributed by atoms with Crippen molar-refractivity contribution < 1.29 is 14.7 Å². The molecule has 38 heavy (non-hydrogen) atoms. The Morgan fingerprint density at radius 2 is 1.50 bits per heavy atom. The van der Waals surface area contributed by atoms with E-state index < -0.39 is 5.97 Å². The maximum Gasteiger partial charge on any atom is 0.337 e. The normalized spacial score (nSPS) is 24.4. The van der Waals surface area contributed by atoms with Gasteiger partial charge in [0.2, 0.25) is 5.91 Å². The van der Waals surface area contributed by atoms with Gasteiger partial charge in [-0.3, -0.25) is 4.79 Å². The van der Waals surface area contributed by atoms with Crippen LogP contribution in [0.25, 0.3) is 0 Å². The Hall–Kier alpha value is -3.60. The number of nitrogens with one attached hydrogen (secondary N) is 2. The first-order valence-electron chi connectivity index (χ1n) is 13.9. The zero-order valence-corrected chi connectivity index (χ0v) is 22.4. The van der Waals surface area contributed by atoms with Crippen LogP contribution in [0, 0.1) is 17.8 Å². The lowest BCUT2D eigenvalue weighted by atomic mass is 9.57. The molecule has 2 fully saturated rings. The van der Waals surface area contributed by atoms with E-state index in [4.69, 9.17) is 0 Å². The first kappa shape index (κ1) is 26.0. The number of carboxylic acid groups (broad SMARTS) is 1. The number of carbonyl (C=O) groups excluding carboxylic acids is 1.